The Morgan fingerprint density at radius 1 is 0.975 bits per heavy atom. The van der Waals surface area contributed by atoms with Crippen molar-refractivity contribution in [3.05, 3.63) is 23.3 Å². The molecule has 2 unspecified atom stereocenters. The van der Waals surface area contributed by atoms with Crippen molar-refractivity contribution >= 4 is 21.7 Å². The number of hydrogen-bond acceptors (Lipinski definition) is 7. The van der Waals surface area contributed by atoms with Gasteiger partial charge in [0.05, 0.1) is 18.6 Å². The number of likely N-dealkylation sites (tertiary alicyclic amines) is 1. The molecule has 1 amide bonds. The van der Waals surface area contributed by atoms with Gasteiger partial charge in [-0.3, -0.25) is 9.59 Å². The Kier molecular flexibility index (Phi) is 11.6. The number of hydrogen-bond donors (Lipinski definition) is 0. The summed E-state index contributed by atoms with van der Waals surface area (Å²) in [5.41, 5.74) is 1.13. The number of ketones is 1. The number of rotatable bonds is 12. The molecule has 40 heavy (non-hydrogen) atoms. The van der Waals surface area contributed by atoms with Crippen LogP contribution in [-0.2, 0) is 19.6 Å². The highest BCUT2D eigenvalue weighted by Crippen LogP contribution is 2.30. The van der Waals surface area contributed by atoms with Gasteiger partial charge in [0.1, 0.15) is 11.5 Å². The summed E-state index contributed by atoms with van der Waals surface area (Å²) in [5, 5.41) is 0. The maximum atomic E-state index is 13.2. The lowest BCUT2D eigenvalue weighted by Crippen LogP contribution is -2.49. The third kappa shape index (κ3) is 8.27. The lowest BCUT2D eigenvalue weighted by atomic mass is 9.86. The van der Waals surface area contributed by atoms with Crippen LogP contribution in [0.2, 0.25) is 0 Å². The normalized spacial score (nSPS) is 21.1. The first-order chi connectivity index (χ1) is 18.8. The van der Waals surface area contributed by atoms with Crippen LogP contribution in [0.5, 0.6) is 5.75 Å². The van der Waals surface area contributed by atoms with Crippen LogP contribution in [0.15, 0.2) is 17.0 Å². The number of amides is 1. The fourth-order valence-electron chi connectivity index (χ4n) is 6.47. The first kappa shape index (κ1) is 32.5. The lowest BCUT2D eigenvalue weighted by molar-refractivity contribution is -0.134. The first-order valence-electron chi connectivity index (χ1n) is 14.6. The van der Waals surface area contributed by atoms with E-state index >= 15 is 0 Å². The molecule has 2 fully saturated rings. The molecule has 0 N–H and O–H groups in total. The third-order valence-corrected chi connectivity index (χ3v) is 10.8. The predicted molar refractivity (Wildman–Crippen MR) is 158 cm³/mol. The zero-order chi connectivity index (χ0) is 29.6. The van der Waals surface area contributed by atoms with Crippen LogP contribution in [0.3, 0.4) is 0 Å². The van der Waals surface area contributed by atoms with E-state index in [2.05, 4.69) is 23.9 Å². The fraction of sp³-hybridized carbons (Fsp3) is 0.733. The van der Waals surface area contributed by atoms with Gasteiger partial charge < -0.3 is 19.4 Å². The zero-order valence-electron chi connectivity index (χ0n) is 25.6. The van der Waals surface area contributed by atoms with Gasteiger partial charge in [0, 0.05) is 45.6 Å². The zero-order valence-corrected chi connectivity index (χ0v) is 26.4. The molecule has 1 aliphatic carbocycles. The molecule has 1 aromatic carbocycles. The number of benzene rings is 1. The molecular formula is C30H50N4O5S. The smallest absolute Gasteiger partial charge is 0.243 e. The van der Waals surface area contributed by atoms with Crippen molar-refractivity contribution < 1.29 is 22.7 Å². The van der Waals surface area contributed by atoms with Crippen molar-refractivity contribution in [2.75, 3.05) is 61.5 Å². The maximum Gasteiger partial charge on any atom is 0.243 e. The van der Waals surface area contributed by atoms with E-state index in [1.165, 1.54) is 33.4 Å². The first-order valence-corrected chi connectivity index (χ1v) is 16.0. The summed E-state index contributed by atoms with van der Waals surface area (Å²) in [5.74, 6) is 1.05. The minimum Gasteiger partial charge on any atom is -0.497 e. The summed E-state index contributed by atoms with van der Waals surface area (Å²) in [7, 11) is 5.22. The number of carbonyl (C=O) groups excluding carboxylic acids is 2. The van der Waals surface area contributed by atoms with E-state index in [1.54, 1.807) is 26.0 Å². The number of sulfonamides is 1. The van der Waals surface area contributed by atoms with Crippen molar-refractivity contribution in [1.29, 1.82) is 0 Å². The Balaban J connectivity index is 1.49. The summed E-state index contributed by atoms with van der Waals surface area (Å²) < 4.78 is 32.8. The molecule has 1 saturated heterocycles. The number of likely N-dealkylation sites (N-methyl/N-ethyl adjacent to an activating group) is 1. The monoisotopic (exact) mass is 578 g/mol. The molecule has 1 aliphatic heterocycles. The van der Waals surface area contributed by atoms with E-state index in [-0.39, 0.29) is 42.0 Å². The van der Waals surface area contributed by atoms with Crippen LogP contribution in [0, 0.1) is 19.8 Å². The maximum absolute atomic E-state index is 13.2. The second-order valence-corrected chi connectivity index (χ2v) is 14.1. The number of Topliss-reactive ketones (excluding diaryl/α,β-unsaturated/α-hetero) is 1. The third-order valence-electron chi connectivity index (χ3n) is 8.70. The second kappa shape index (κ2) is 14.2. The number of nitrogens with zero attached hydrogens (tertiary/aromatic N) is 4. The van der Waals surface area contributed by atoms with Gasteiger partial charge in [-0.15, -0.1) is 0 Å². The summed E-state index contributed by atoms with van der Waals surface area (Å²) in [6.07, 6.45) is 6.86. The van der Waals surface area contributed by atoms with Crippen LogP contribution >= 0.6 is 0 Å². The summed E-state index contributed by atoms with van der Waals surface area (Å²) in [6, 6.07) is 4.05. The SMILES string of the molecule is COc1cc(C)c(S(=O)(=O)N(C)CC(=O)CCC(=O)N(C)C2CCCC(N3CCC(CN(C)C)CC3)C2)c(C)c1. The van der Waals surface area contributed by atoms with E-state index in [1.807, 2.05) is 11.9 Å². The molecule has 0 radical (unpaired) electrons. The highest BCUT2D eigenvalue weighted by atomic mass is 32.2. The van der Waals surface area contributed by atoms with Gasteiger partial charge >= 0.3 is 0 Å². The standard InChI is InChI=1S/C30H50N4O5S/c1-22-17-28(39-7)18-23(2)30(22)40(37,38)32(5)21-27(35)11-12-29(36)33(6)25-9-8-10-26(19-25)34-15-13-24(14-16-34)20-31(3)4/h17-18,24-26H,8-16,19-21H2,1-7H3. The quantitative estimate of drug-likeness (QED) is 0.376. The summed E-state index contributed by atoms with van der Waals surface area (Å²) in [6.45, 7) is 6.59. The molecule has 2 aliphatic rings. The van der Waals surface area contributed by atoms with E-state index in [9.17, 15) is 18.0 Å². The van der Waals surface area contributed by atoms with Gasteiger partial charge in [0.25, 0.3) is 0 Å². The van der Waals surface area contributed by atoms with Gasteiger partial charge in [-0.2, -0.15) is 4.31 Å². The molecule has 1 heterocycles. The largest absolute Gasteiger partial charge is 0.497 e. The van der Waals surface area contributed by atoms with Gasteiger partial charge in [-0.1, -0.05) is 0 Å². The Hall–Kier alpha value is -2.01. The molecule has 10 heteroatoms. The van der Waals surface area contributed by atoms with Crippen molar-refractivity contribution in [2.45, 2.75) is 82.2 Å². The predicted octanol–water partition coefficient (Wildman–Crippen LogP) is 3.33. The fourth-order valence-corrected chi connectivity index (χ4v) is 8.03. The van der Waals surface area contributed by atoms with Gasteiger partial charge in [0.15, 0.2) is 0 Å². The van der Waals surface area contributed by atoms with E-state index < -0.39 is 10.0 Å². The lowest BCUT2D eigenvalue weighted by Gasteiger charge is -2.43. The molecule has 1 aromatic rings. The second-order valence-electron chi connectivity index (χ2n) is 12.1. The molecule has 0 spiro atoms. The van der Waals surface area contributed by atoms with Crippen LogP contribution in [0.4, 0.5) is 0 Å². The Morgan fingerprint density at radius 3 is 2.17 bits per heavy atom. The Labute approximate surface area is 241 Å². The van der Waals surface area contributed by atoms with E-state index in [4.69, 9.17) is 4.74 Å². The molecule has 226 valence electrons. The Bertz CT molecular complexity index is 1110. The molecule has 1 saturated carbocycles. The van der Waals surface area contributed by atoms with Crippen LogP contribution in [-0.4, -0.2) is 113 Å². The molecule has 3 rings (SSSR count). The van der Waals surface area contributed by atoms with Crippen molar-refractivity contribution in [3.8, 4) is 5.75 Å². The minimum atomic E-state index is -3.86. The van der Waals surface area contributed by atoms with Crippen LogP contribution in [0.1, 0.15) is 62.5 Å². The van der Waals surface area contributed by atoms with Crippen molar-refractivity contribution in [3.63, 3.8) is 0 Å². The van der Waals surface area contributed by atoms with Gasteiger partial charge in [0.2, 0.25) is 15.9 Å². The van der Waals surface area contributed by atoms with Gasteiger partial charge in [-0.25, -0.2) is 8.42 Å². The highest BCUT2D eigenvalue weighted by Gasteiger charge is 2.33. The van der Waals surface area contributed by atoms with Crippen molar-refractivity contribution in [1.82, 2.24) is 19.0 Å². The van der Waals surface area contributed by atoms with Crippen LogP contribution < -0.4 is 4.74 Å². The molecule has 0 bridgehead atoms. The van der Waals surface area contributed by atoms with Gasteiger partial charge in [-0.05, 0) is 109 Å². The number of aryl methyl sites for hydroxylation is 2. The molecule has 2 atom stereocenters. The number of piperidine rings is 1. The number of methoxy groups -OCH3 is 1. The number of carbonyl (C=O) groups is 2. The average Bonchev–Trinajstić information content (AvgIpc) is 2.90. The Morgan fingerprint density at radius 2 is 1.60 bits per heavy atom. The molecular weight excluding hydrogens is 528 g/mol. The summed E-state index contributed by atoms with van der Waals surface area (Å²) in [4.78, 5) is 32.7. The van der Waals surface area contributed by atoms with Crippen molar-refractivity contribution in [2.24, 2.45) is 5.92 Å². The van der Waals surface area contributed by atoms with Crippen LogP contribution in [0.25, 0.3) is 0 Å². The molecule has 9 nitrogen and oxygen atoms in total. The highest BCUT2D eigenvalue weighted by molar-refractivity contribution is 7.89. The summed E-state index contributed by atoms with van der Waals surface area (Å²) >= 11 is 0. The number of ether oxygens (including phenoxy) is 1. The van der Waals surface area contributed by atoms with E-state index in [0.717, 1.165) is 49.1 Å². The average molecular weight is 579 g/mol. The minimum absolute atomic E-state index is 0.0269. The molecule has 0 aromatic heterocycles. The topological polar surface area (TPSA) is 90.5 Å². The van der Waals surface area contributed by atoms with E-state index in [0.29, 0.717) is 22.9 Å².